The van der Waals surface area contributed by atoms with Crippen molar-refractivity contribution in [2.24, 2.45) is 0 Å². The highest BCUT2D eigenvalue weighted by molar-refractivity contribution is 6.33. The molecule has 8 heteroatoms. The van der Waals surface area contributed by atoms with Gasteiger partial charge in [0.15, 0.2) is 0 Å². The van der Waals surface area contributed by atoms with Crippen molar-refractivity contribution in [2.75, 3.05) is 11.9 Å². The maximum absolute atomic E-state index is 12.4. The zero-order valence-corrected chi connectivity index (χ0v) is 12.9. The lowest BCUT2D eigenvalue weighted by Gasteiger charge is -2.09. The predicted molar refractivity (Wildman–Crippen MR) is 83.9 cm³/mol. The van der Waals surface area contributed by atoms with E-state index in [1.165, 1.54) is 0 Å². The monoisotopic (exact) mass is 356 g/mol. The highest BCUT2D eigenvalue weighted by atomic mass is 35.5. The highest BCUT2D eigenvalue weighted by Crippen LogP contribution is 2.29. The number of hydrogen-bond acceptors (Lipinski definition) is 2. The van der Waals surface area contributed by atoms with Crippen LogP contribution >= 0.6 is 11.6 Å². The molecule has 0 fully saturated rings. The normalized spacial score (nSPS) is 11.0. The van der Waals surface area contributed by atoms with Crippen LogP contribution in [0.3, 0.4) is 0 Å². The van der Waals surface area contributed by atoms with E-state index < -0.39 is 23.6 Å². The van der Waals surface area contributed by atoms with E-state index >= 15 is 0 Å². The summed E-state index contributed by atoms with van der Waals surface area (Å²) >= 11 is 5.88. The summed E-state index contributed by atoms with van der Waals surface area (Å²) in [6.07, 6.45) is -4.47. The van der Waals surface area contributed by atoms with E-state index in [-0.39, 0.29) is 12.1 Å². The van der Waals surface area contributed by atoms with Gasteiger partial charge >= 0.3 is 6.18 Å². The van der Waals surface area contributed by atoms with Crippen LogP contribution in [0, 0.1) is 0 Å². The number of benzene rings is 2. The molecule has 2 rings (SSSR count). The van der Waals surface area contributed by atoms with E-state index in [0.29, 0.717) is 10.7 Å². The minimum Gasteiger partial charge on any atom is -0.343 e. The second kappa shape index (κ2) is 7.35. The van der Waals surface area contributed by atoms with Crippen molar-refractivity contribution in [2.45, 2.75) is 6.18 Å². The topological polar surface area (TPSA) is 58.2 Å². The average Bonchev–Trinajstić information content (AvgIpc) is 2.54. The molecule has 2 amide bonds. The predicted octanol–water partition coefficient (Wildman–Crippen LogP) is 3.73. The molecule has 0 bridgehead atoms. The first-order valence-corrected chi connectivity index (χ1v) is 7.15. The second-order valence-corrected chi connectivity index (χ2v) is 5.19. The Morgan fingerprint density at radius 2 is 1.62 bits per heavy atom. The molecule has 4 nitrogen and oxygen atoms in total. The van der Waals surface area contributed by atoms with Gasteiger partial charge in [-0.1, -0.05) is 23.7 Å². The molecule has 0 heterocycles. The number of alkyl halides is 3. The summed E-state index contributed by atoms with van der Waals surface area (Å²) < 4.78 is 37.3. The van der Waals surface area contributed by atoms with Crippen molar-refractivity contribution in [3.8, 4) is 0 Å². The lowest BCUT2D eigenvalue weighted by Crippen LogP contribution is -2.32. The number of carbonyl (C=O) groups is 2. The molecule has 24 heavy (non-hydrogen) atoms. The summed E-state index contributed by atoms with van der Waals surface area (Å²) in [5, 5.41) is 5.18. The Hall–Kier alpha value is -2.54. The van der Waals surface area contributed by atoms with E-state index in [4.69, 9.17) is 11.6 Å². The first kappa shape index (κ1) is 17.8. The van der Waals surface area contributed by atoms with Gasteiger partial charge in [-0.3, -0.25) is 9.59 Å². The Morgan fingerprint density at radius 1 is 1.00 bits per heavy atom. The Labute approximate surface area is 140 Å². The summed E-state index contributed by atoms with van der Waals surface area (Å²) in [4.78, 5) is 23.6. The summed E-state index contributed by atoms with van der Waals surface area (Å²) in [5.41, 5.74) is -0.433. The van der Waals surface area contributed by atoms with Crippen LogP contribution in [0.1, 0.15) is 15.9 Å². The average molecular weight is 357 g/mol. The van der Waals surface area contributed by atoms with Crippen LogP contribution in [0.15, 0.2) is 48.5 Å². The van der Waals surface area contributed by atoms with Crippen molar-refractivity contribution >= 4 is 29.1 Å². The van der Waals surface area contributed by atoms with Gasteiger partial charge in [0, 0.05) is 5.56 Å². The molecular weight excluding hydrogens is 345 g/mol. The van der Waals surface area contributed by atoms with Crippen molar-refractivity contribution in [1.29, 1.82) is 0 Å². The Balaban J connectivity index is 1.91. The Morgan fingerprint density at radius 3 is 2.21 bits per heavy atom. The van der Waals surface area contributed by atoms with Gasteiger partial charge in [-0.2, -0.15) is 13.2 Å². The molecule has 0 aliphatic rings. The molecule has 2 N–H and O–H groups in total. The largest absolute Gasteiger partial charge is 0.416 e. The van der Waals surface area contributed by atoms with Crippen LogP contribution in [-0.2, 0) is 11.0 Å². The Bertz CT molecular complexity index is 746. The quantitative estimate of drug-likeness (QED) is 0.877. The van der Waals surface area contributed by atoms with Crippen molar-refractivity contribution < 1.29 is 22.8 Å². The molecule has 0 aliphatic heterocycles. The molecular formula is C16H12ClF3N2O2. The third kappa shape index (κ3) is 4.73. The molecule has 2 aromatic carbocycles. The van der Waals surface area contributed by atoms with Crippen LogP contribution in [-0.4, -0.2) is 18.4 Å². The van der Waals surface area contributed by atoms with E-state index in [0.717, 1.165) is 24.3 Å². The summed E-state index contributed by atoms with van der Waals surface area (Å²) in [6.45, 7) is -0.342. The number of anilines is 1. The number of halogens is 4. The molecule has 0 spiro atoms. The van der Waals surface area contributed by atoms with Crippen LogP contribution in [0.5, 0.6) is 0 Å². The standard InChI is InChI=1S/C16H12ClF3N2O2/c17-12-3-1-2-4-13(12)22-14(23)9-21-15(24)10-5-7-11(8-6-10)16(18,19)20/h1-8H,9H2,(H,21,24)(H,22,23). The number of hydrogen-bond donors (Lipinski definition) is 2. The van der Waals surface area contributed by atoms with Gasteiger partial charge in [-0.15, -0.1) is 0 Å². The van der Waals surface area contributed by atoms with Crippen molar-refractivity contribution in [1.82, 2.24) is 5.32 Å². The van der Waals surface area contributed by atoms with E-state index in [2.05, 4.69) is 10.6 Å². The van der Waals surface area contributed by atoms with Gasteiger partial charge in [0.1, 0.15) is 0 Å². The molecule has 0 aromatic heterocycles. The molecule has 0 atom stereocenters. The number of para-hydroxylation sites is 1. The number of nitrogens with one attached hydrogen (secondary N) is 2. The number of carbonyl (C=O) groups excluding carboxylic acids is 2. The SMILES string of the molecule is O=C(CNC(=O)c1ccc(C(F)(F)F)cc1)Nc1ccccc1Cl. The second-order valence-electron chi connectivity index (χ2n) is 4.79. The van der Waals surface area contributed by atoms with Gasteiger partial charge in [0.05, 0.1) is 22.8 Å². The minimum absolute atomic E-state index is 0.0218. The minimum atomic E-state index is -4.47. The van der Waals surface area contributed by atoms with Gasteiger partial charge in [0.2, 0.25) is 5.91 Å². The maximum atomic E-state index is 12.4. The summed E-state index contributed by atoms with van der Waals surface area (Å²) in [6, 6.07) is 10.3. The summed E-state index contributed by atoms with van der Waals surface area (Å²) in [5.74, 6) is -1.17. The Kier molecular flexibility index (Phi) is 5.46. The first-order valence-electron chi connectivity index (χ1n) is 6.77. The maximum Gasteiger partial charge on any atom is 0.416 e. The van der Waals surface area contributed by atoms with Gasteiger partial charge in [-0.05, 0) is 36.4 Å². The number of rotatable bonds is 4. The molecule has 0 aliphatic carbocycles. The van der Waals surface area contributed by atoms with E-state index in [9.17, 15) is 22.8 Å². The van der Waals surface area contributed by atoms with E-state index in [1.807, 2.05) is 0 Å². The fraction of sp³-hybridized carbons (Fsp3) is 0.125. The lowest BCUT2D eigenvalue weighted by molar-refractivity contribution is -0.137. The van der Waals surface area contributed by atoms with Crippen molar-refractivity contribution in [3.05, 3.63) is 64.7 Å². The lowest BCUT2D eigenvalue weighted by atomic mass is 10.1. The third-order valence-corrected chi connectivity index (χ3v) is 3.36. The smallest absolute Gasteiger partial charge is 0.343 e. The van der Waals surface area contributed by atoms with Crippen LogP contribution in [0.4, 0.5) is 18.9 Å². The summed E-state index contributed by atoms with van der Waals surface area (Å²) in [7, 11) is 0. The van der Waals surface area contributed by atoms with Crippen molar-refractivity contribution in [3.63, 3.8) is 0 Å². The fourth-order valence-corrected chi connectivity index (χ4v) is 2.01. The molecule has 126 valence electrons. The highest BCUT2D eigenvalue weighted by Gasteiger charge is 2.30. The zero-order valence-electron chi connectivity index (χ0n) is 12.2. The van der Waals surface area contributed by atoms with Gasteiger partial charge < -0.3 is 10.6 Å². The molecule has 2 aromatic rings. The van der Waals surface area contributed by atoms with E-state index in [1.54, 1.807) is 24.3 Å². The fourth-order valence-electron chi connectivity index (χ4n) is 1.83. The number of amides is 2. The molecule has 0 unspecified atom stereocenters. The third-order valence-electron chi connectivity index (χ3n) is 3.03. The molecule has 0 radical (unpaired) electrons. The van der Waals surface area contributed by atoms with Crippen LogP contribution < -0.4 is 10.6 Å². The van der Waals surface area contributed by atoms with Crippen LogP contribution in [0.2, 0.25) is 5.02 Å². The molecule has 0 saturated heterocycles. The molecule has 0 saturated carbocycles. The van der Waals surface area contributed by atoms with Crippen LogP contribution in [0.25, 0.3) is 0 Å². The van der Waals surface area contributed by atoms with Gasteiger partial charge in [-0.25, -0.2) is 0 Å². The van der Waals surface area contributed by atoms with Gasteiger partial charge in [0.25, 0.3) is 5.91 Å². The zero-order chi connectivity index (χ0) is 17.7. The first-order chi connectivity index (χ1) is 11.3.